The average Bonchev–Trinajstić information content (AvgIpc) is 2.46. The molecule has 0 N–H and O–H groups in total. The SMILES string of the molecule is CCN(CC)CCCCCOc1ccc(C(C)(C)C)cc1. The second-order valence-electron chi connectivity index (χ2n) is 6.71. The van der Waals surface area contributed by atoms with Gasteiger partial charge in [0.1, 0.15) is 5.75 Å². The van der Waals surface area contributed by atoms with E-state index in [1.807, 2.05) is 0 Å². The number of hydrogen-bond donors (Lipinski definition) is 0. The fourth-order valence-corrected chi connectivity index (χ4v) is 2.40. The Labute approximate surface area is 131 Å². The molecule has 0 aliphatic rings. The third-order valence-corrected chi connectivity index (χ3v) is 4.00. The Bertz CT molecular complexity index is 374. The summed E-state index contributed by atoms with van der Waals surface area (Å²) in [5, 5.41) is 0. The van der Waals surface area contributed by atoms with Crippen LogP contribution in [0.4, 0.5) is 0 Å². The van der Waals surface area contributed by atoms with Gasteiger partial charge in [-0.3, -0.25) is 0 Å². The molecule has 0 saturated heterocycles. The predicted octanol–water partition coefficient (Wildman–Crippen LogP) is 4.88. The van der Waals surface area contributed by atoms with Crippen molar-refractivity contribution in [1.29, 1.82) is 0 Å². The van der Waals surface area contributed by atoms with Gasteiger partial charge >= 0.3 is 0 Å². The number of ether oxygens (including phenoxy) is 1. The van der Waals surface area contributed by atoms with E-state index in [-0.39, 0.29) is 5.41 Å². The lowest BCUT2D eigenvalue weighted by molar-refractivity contribution is 0.277. The lowest BCUT2D eigenvalue weighted by Crippen LogP contribution is -2.23. The van der Waals surface area contributed by atoms with Crippen LogP contribution in [0.2, 0.25) is 0 Å². The van der Waals surface area contributed by atoms with E-state index < -0.39 is 0 Å². The Morgan fingerprint density at radius 3 is 2.05 bits per heavy atom. The molecule has 0 heterocycles. The molecule has 0 saturated carbocycles. The van der Waals surface area contributed by atoms with Gasteiger partial charge in [0.15, 0.2) is 0 Å². The topological polar surface area (TPSA) is 12.5 Å². The van der Waals surface area contributed by atoms with Crippen LogP contribution in [0.25, 0.3) is 0 Å². The van der Waals surface area contributed by atoms with E-state index in [1.54, 1.807) is 0 Å². The summed E-state index contributed by atoms with van der Waals surface area (Å²) in [7, 11) is 0. The van der Waals surface area contributed by atoms with Crippen molar-refractivity contribution in [2.24, 2.45) is 0 Å². The maximum absolute atomic E-state index is 5.82. The lowest BCUT2D eigenvalue weighted by Gasteiger charge is -2.19. The first-order valence-electron chi connectivity index (χ1n) is 8.43. The average molecular weight is 291 g/mol. The van der Waals surface area contributed by atoms with Crippen LogP contribution in [0.1, 0.15) is 59.4 Å². The first-order chi connectivity index (χ1) is 9.97. The van der Waals surface area contributed by atoms with Crippen molar-refractivity contribution >= 4 is 0 Å². The lowest BCUT2D eigenvalue weighted by atomic mass is 9.87. The third kappa shape index (κ3) is 6.99. The molecule has 120 valence electrons. The highest BCUT2D eigenvalue weighted by Gasteiger charge is 2.12. The summed E-state index contributed by atoms with van der Waals surface area (Å²) in [5.74, 6) is 0.992. The maximum atomic E-state index is 5.82. The quantitative estimate of drug-likeness (QED) is 0.602. The molecule has 21 heavy (non-hydrogen) atoms. The van der Waals surface area contributed by atoms with Crippen LogP contribution in [0.3, 0.4) is 0 Å². The fraction of sp³-hybridized carbons (Fsp3) is 0.684. The van der Waals surface area contributed by atoms with E-state index in [0.29, 0.717) is 0 Å². The van der Waals surface area contributed by atoms with Gasteiger partial charge in [0.2, 0.25) is 0 Å². The second-order valence-corrected chi connectivity index (χ2v) is 6.71. The highest BCUT2D eigenvalue weighted by molar-refractivity contribution is 5.31. The van der Waals surface area contributed by atoms with Crippen LogP contribution in [0, 0.1) is 0 Å². The standard InChI is InChI=1S/C19H33NO/c1-6-20(7-2)15-9-8-10-16-21-18-13-11-17(12-14-18)19(3,4)5/h11-14H,6-10,15-16H2,1-5H3. The van der Waals surface area contributed by atoms with Gasteiger partial charge in [-0.25, -0.2) is 0 Å². The minimum atomic E-state index is 0.211. The molecule has 0 aliphatic heterocycles. The molecule has 0 aromatic heterocycles. The Kier molecular flexibility index (Phi) is 7.81. The molecule has 0 radical (unpaired) electrons. The minimum absolute atomic E-state index is 0.211. The highest BCUT2D eigenvalue weighted by atomic mass is 16.5. The summed E-state index contributed by atoms with van der Waals surface area (Å²) in [6.45, 7) is 15.5. The summed E-state index contributed by atoms with van der Waals surface area (Å²) < 4.78 is 5.82. The number of unbranched alkanes of at least 4 members (excludes halogenated alkanes) is 2. The molecule has 0 atom stereocenters. The monoisotopic (exact) mass is 291 g/mol. The fourth-order valence-electron chi connectivity index (χ4n) is 2.40. The summed E-state index contributed by atoms with van der Waals surface area (Å²) >= 11 is 0. The van der Waals surface area contributed by atoms with Gasteiger partial charge in [-0.05, 0) is 62.0 Å². The van der Waals surface area contributed by atoms with Gasteiger partial charge < -0.3 is 9.64 Å². The van der Waals surface area contributed by atoms with Crippen molar-refractivity contribution in [3.05, 3.63) is 29.8 Å². The zero-order chi connectivity index (χ0) is 15.7. The Morgan fingerprint density at radius 2 is 1.52 bits per heavy atom. The highest BCUT2D eigenvalue weighted by Crippen LogP contribution is 2.24. The third-order valence-electron chi connectivity index (χ3n) is 4.00. The van der Waals surface area contributed by atoms with Crippen molar-refractivity contribution in [3.8, 4) is 5.75 Å². The zero-order valence-corrected chi connectivity index (χ0v) is 14.6. The largest absolute Gasteiger partial charge is 0.494 e. The Morgan fingerprint density at radius 1 is 0.905 bits per heavy atom. The van der Waals surface area contributed by atoms with E-state index in [2.05, 4.69) is 63.8 Å². The molecule has 2 heteroatoms. The van der Waals surface area contributed by atoms with Gasteiger partial charge in [-0.1, -0.05) is 46.8 Å². The Balaban J connectivity index is 2.18. The molecule has 0 aliphatic carbocycles. The normalized spacial score (nSPS) is 11.9. The van der Waals surface area contributed by atoms with Crippen molar-refractivity contribution in [3.63, 3.8) is 0 Å². The van der Waals surface area contributed by atoms with E-state index in [0.717, 1.165) is 31.9 Å². The van der Waals surface area contributed by atoms with Crippen molar-refractivity contribution < 1.29 is 4.74 Å². The van der Waals surface area contributed by atoms with Gasteiger partial charge in [0.05, 0.1) is 6.61 Å². The van der Waals surface area contributed by atoms with Crippen LogP contribution in [-0.2, 0) is 5.41 Å². The van der Waals surface area contributed by atoms with Gasteiger partial charge in [0, 0.05) is 0 Å². The summed E-state index contributed by atoms with van der Waals surface area (Å²) in [6.07, 6.45) is 3.66. The second kappa shape index (κ2) is 9.09. The Hall–Kier alpha value is -1.02. The van der Waals surface area contributed by atoms with Gasteiger partial charge in [-0.2, -0.15) is 0 Å². The molecular formula is C19H33NO. The van der Waals surface area contributed by atoms with Crippen LogP contribution in [0.5, 0.6) is 5.75 Å². The molecule has 0 amide bonds. The van der Waals surface area contributed by atoms with Crippen LogP contribution in [-0.4, -0.2) is 31.1 Å². The molecule has 0 fully saturated rings. The number of hydrogen-bond acceptors (Lipinski definition) is 2. The van der Waals surface area contributed by atoms with Crippen LogP contribution in [0.15, 0.2) is 24.3 Å². The molecule has 0 spiro atoms. The number of nitrogens with zero attached hydrogens (tertiary/aromatic N) is 1. The van der Waals surface area contributed by atoms with Crippen LogP contribution < -0.4 is 4.74 Å². The van der Waals surface area contributed by atoms with E-state index in [4.69, 9.17) is 4.74 Å². The summed E-state index contributed by atoms with van der Waals surface area (Å²) in [4.78, 5) is 2.48. The smallest absolute Gasteiger partial charge is 0.119 e. The first kappa shape index (κ1) is 18.0. The molecule has 1 aromatic rings. The van der Waals surface area contributed by atoms with Crippen molar-refractivity contribution in [1.82, 2.24) is 4.90 Å². The van der Waals surface area contributed by atoms with E-state index >= 15 is 0 Å². The van der Waals surface area contributed by atoms with Crippen molar-refractivity contribution in [2.45, 2.75) is 59.3 Å². The molecule has 1 rings (SSSR count). The summed E-state index contributed by atoms with van der Waals surface area (Å²) in [5.41, 5.74) is 1.57. The van der Waals surface area contributed by atoms with Gasteiger partial charge in [-0.15, -0.1) is 0 Å². The van der Waals surface area contributed by atoms with Crippen LogP contribution >= 0.6 is 0 Å². The molecule has 0 bridgehead atoms. The maximum Gasteiger partial charge on any atom is 0.119 e. The molecular weight excluding hydrogens is 258 g/mol. The summed E-state index contributed by atoms with van der Waals surface area (Å²) in [6, 6.07) is 8.54. The van der Waals surface area contributed by atoms with E-state index in [1.165, 1.54) is 24.9 Å². The number of rotatable bonds is 9. The molecule has 0 unspecified atom stereocenters. The minimum Gasteiger partial charge on any atom is -0.494 e. The molecule has 2 nitrogen and oxygen atoms in total. The van der Waals surface area contributed by atoms with Gasteiger partial charge in [0.25, 0.3) is 0 Å². The number of benzene rings is 1. The van der Waals surface area contributed by atoms with Crippen molar-refractivity contribution in [2.75, 3.05) is 26.2 Å². The zero-order valence-electron chi connectivity index (χ0n) is 14.6. The predicted molar refractivity (Wildman–Crippen MR) is 92.3 cm³/mol. The first-order valence-corrected chi connectivity index (χ1v) is 8.43. The molecule has 1 aromatic carbocycles. The van der Waals surface area contributed by atoms with E-state index in [9.17, 15) is 0 Å².